The van der Waals surface area contributed by atoms with Gasteiger partial charge in [0.15, 0.2) is 5.69 Å². The minimum atomic E-state index is -0.135. The fraction of sp³-hybridized carbons (Fsp3) is 0.526. The summed E-state index contributed by atoms with van der Waals surface area (Å²) in [6, 6.07) is 8.02. The monoisotopic (exact) mass is 341 g/mol. The van der Waals surface area contributed by atoms with Crippen LogP contribution < -0.4 is 5.32 Å². The zero-order chi connectivity index (χ0) is 17.8. The second-order valence-electron chi connectivity index (χ2n) is 7.06. The number of carbonyl (C=O) groups excluding carboxylic acids is 1. The summed E-state index contributed by atoms with van der Waals surface area (Å²) >= 11 is 0. The van der Waals surface area contributed by atoms with Gasteiger partial charge in [0.25, 0.3) is 5.91 Å². The van der Waals surface area contributed by atoms with Crippen LogP contribution in [0, 0.1) is 19.8 Å². The molecule has 1 amide bonds. The maximum Gasteiger partial charge on any atom is 0.273 e. The summed E-state index contributed by atoms with van der Waals surface area (Å²) in [5.74, 6) is 0.574. The van der Waals surface area contributed by atoms with E-state index >= 15 is 0 Å². The van der Waals surface area contributed by atoms with Gasteiger partial charge in [-0.15, -0.1) is 5.10 Å². The molecule has 2 heterocycles. The molecule has 25 heavy (non-hydrogen) atoms. The number of hydrogen-bond acceptors (Lipinski definition) is 4. The number of nitrogens with zero attached hydrogens (tertiary/aromatic N) is 4. The molecule has 1 aliphatic heterocycles. The number of aromatic nitrogens is 3. The summed E-state index contributed by atoms with van der Waals surface area (Å²) < 4.78 is 1.71. The molecule has 1 aromatic carbocycles. The predicted octanol–water partition coefficient (Wildman–Crippen LogP) is 2.35. The molecule has 6 nitrogen and oxygen atoms in total. The van der Waals surface area contributed by atoms with Gasteiger partial charge >= 0.3 is 0 Å². The Morgan fingerprint density at radius 2 is 1.88 bits per heavy atom. The van der Waals surface area contributed by atoms with Crippen LogP contribution in [0.25, 0.3) is 5.69 Å². The van der Waals surface area contributed by atoms with E-state index in [0.29, 0.717) is 18.2 Å². The van der Waals surface area contributed by atoms with Crippen LogP contribution in [0.1, 0.15) is 41.0 Å². The minimum absolute atomic E-state index is 0.135. The molecule has 3 rings (SSSR count). The van der Waals surface area contributed by atoms with Crippen LogP contribution in [0.2, 0.25) is 0 Å². The number of likely N-dealkylation sites (tertiary alicyclic amines) is 1. The van der Waals surface area contributed by atoms with Crippen LogP contribution in [-0.4, -0.2) is 52.5 Å². The quantitative estimate of drug-likeness (QED) is 0.907. The Morgan fingerprint density at radius 1 is 1.20 bits per heavy atom. The Hall–Kier alpha value is -2.21. The van der Waals surface area contributed by atoms with Crippen LogP contribution in [-0.2, 0) is 0 Å². The molecule has 6 heteroatoms. The van der Waals surface area contributed by atoms with Gasteiger partial charge in [0.05, 0.1) is 11.4 Å². The third-order valence-electron chi connectivity index (χ3n) is 5.06. The van der Waals surface area contributed by atoms with E-state index in [1.165, 1.54) is 18.4 Å². The summed E-state index contributed by atoms with van der Waals surface area (Å²) in [6.45, 7) is 6.93. The van der Waals surface area contributed by atoms with E-state index in [-0.39, 0.29) is 5.91 Å². The third kappa shape index (κ3) is 4.25. The molecular weight excluding hydrogens is 314 g/mol. The van der Waals surface area contributed by atoms with Crippen molar-refractivity contribution in [2.45, 2.75) is 33.1 Å². The Labute approximate surface area is 149 Å². The van der Waals surface area contributed by atoms with Crippen LogP contribution in [0.3, 0.4) is 0 Å². The van der Waals surface area contributed by atoms with E-state index in [4.69, 9.17) is 0 Å². The SMILES string of the molecule is Cc1ccc(-n2nnc(C(=O)NCCC3CCN(C)CC3)c2C)cc1. The third-order valence-corrected chi connectivity index (χ3v) is 5.06. The van der Waals surface area contributed by atoms with Gasteiger partial charge in [-0.25, -0.2) is 4.68 Å². The molecule has 2 aromatic rings. The van der Waals surface area contributed by atoms with Crippen LogP contribution in [0.5, 0.6) is 0 Å². The van der Waals surface area contributed by atoms with Crippen molar-refractivity contribution in [3.8, 4) is 5.69 Å². The Kier molecular flexibility index (Phi) is 5.48. The zero-order valence-corrected chi connectivity index (χ0v) is 15.3. The van der Waals surface area contributed by atoms with E-state index in [1.807, 2.05) is 38.1 Å². The normalized spacial score (nSPS) is 16.1. The Morgan fingerprint density at radius 3 is 2.56 bits per heavy atom. The lowest BCUT2D eigenvalue weighted by atomic mass is 9.94. The number of hydrogen-bond donors (Lipinski definition) is 1. The summed E-state index contributed by atoms with van der Waals surface area (Å²) in [7, 11) is 2.16. The van der Waals surface area contributed by atoms with E-state index < -0.39 is 0 Å². The lowest BCUT2D eigenvalue weighted by Gasteiger charge is -2.28. The van der Waals surface area contributed by atoms with Crippen molar-refractivity contribution in [2.75, 3.05) is 26.7 Å². The number of amides is 1. The topological polar surface area (TPSA) is 63.1 Å². The van der Waals surface area contributed by atoms with Crippen molar-refractivity contribution in [1.82, 2.24) is 25.2 Å². The highest BCUT2D eigenvalue weighted by molar-refractivity contribution is 5.93. The van der Waals surface area contributed by atoms with Gasteiger partial charge in [-0.2, -0.15) is 0 Å². The van der Waals surface area contributed by atoms with Crippen molar-refractivity contribution in [3.63, 3.8) is 0 Å². The average molecular weight is 341 g/mol. The molecule has 1 N–H and O–H groups in total. The van der Waals surface area contributed by atoms with Crippen LogP contribution in [0.4, 0.5) is 0 Å². The molecule has 1 aliphatic rings. The molecule has 1 saturated heterocycles. The first-order chi connectivity index (χ1) is 12.0. The molecule has 0 bridgehead atoms. The molecule has 134 valence electrons. The molecule has 0 saturated carbocycles. The van der Waals surface area contributed by atoms with Gasteiger partial charge < -0.3 is 10.2 Å². The number of rotatable bonds is 5. The van der Waals surface area contributed by atoms with Gasteiger partial charge in [-0.05, 0) is 71.3 Å². The maximum absolute atomic E-state index is 12.4. The smallest absolute Gasteiger partial charge is 0.273 e. The number of benzene rings is 1. The zero-order valence-electron chi connectivity index (χ0n) is 15.3. The van der Waals surface area contributed by atoms with Crippen molar-refractivity contribution in [2.24, 2.45) is 5.92 Å². The maximum atomic E-state index is 12.4. The van der Waals surface area contributed by atoms with E-state index in [0.717, 1.165) is 30.9 Å². The van der Waals surface area contributed by atoms with E-state index in [9.17, 15) is 4.79 Å². The average Bonchev–Trinajstić information content (AvgIpc) is 2.99. The molecule has 0 aliphatic carbocycles. The minimum Gasteiger partial charge on any atom is -0.351 e. The number of carbonyl (C=O) groups is 1. The largest absolute Gasteiger partial charge is 0.351 e. The molecule has 0 atom stereocenters. The van der Waals surface area contributed by atoms with Crippen LogP contribution >= 0.6 is 0 Å². The first kappa shape index (κ1) is 17.6. The summed E-state index contributed by atoms with van der Waals surface area (Å²) in [5.41, 5.74) is 3.28. The Balaban J connectivity index is 1.56. The predicted molar refractivity (Wildman–Crippen MR) is 98.0 cm³/mol. The number of nitrogens with one attached hydrogen (secondary N) is 1. The van der Waals surface area contributed by atoms with Crippen molar-refractivity contribution in [1.29, 1.82) is 0 Å². The van der Waals surface area contributed by atoms with Gasteiger partial charge in [0, 0.05) is 6.54 Å². The lowest BCUT2D eigenvalue weighted by Crippen LogP contribution is -2.33. The fourth-order valence-electron chi connectivity index (χ4n) is 3.29. The second-order valence-corrected chi connectivity index (χ2v) is 7.06. The molecule has 1 aromatic heterocycles. The summed E-state index contributed by atoms with van der Waals surface area (Å²) in [5, 5.41) is 11.2. The highest BCUT2D eigenvalue weighted by Gasteiger charge is 2.19. The van der Waals surface area contributed by atoms with E-state index in [2.05, 4.69) is 27.6 Å². The van der Waals surface area contributed by atoms with Crippen LogP contribution in [0.15, 0.2) is 24.3 Å². The highest BCUT2D eigenvalue weighted by atomic mass is 16.2. The van der Waals surface area contributed by atoms with Gasteiger partial charge in [-0.1, -0.05) is 22.9 Å². The van der Waals surface area contributed by atoms with Crippen molar-refractivity contribution < 1.29 is 4.79 Å². The Bertz CT molecular complexity index is 714. The summed E-state index contributed by atoms with van der Waals surface area (Å²) in [6.07, 6.45) is 3.47. The number of piperidine rings is 1. The van der Waals surface area contributed by atoms with E-state index in [1.54, 1.807) is 4.68 Å². The van der Waals surface area contributed by atoms with Gasteiger partial charge in [0.1, 0.15) is 0 Å². The number of aryl methyl sites for hydroxylation is 1. The molecular formula is C19H27N5O. The van der Waals surface area contributed by atoms with Crippen molar-refractivity contribution in [3.05, 3.63) is 41.2 Å². The summed E-state index contributed by atoms with van der Waals surface area (Å²) in [4.78, 5) is 14.8. The molecule has 1 fully saturated rings. The first-order valence-electron chi connectivity index (χ1n) is 9.00. The molecule has 0 spiro atoms. The molecule has 0 unspecified atom stereocenters. The van der Waals surface area contributed by atoms with Crippen molar-refractivity contribution >= 4 is 5.91 Å². The highest BCUT2D eigenvalue weighted by Crippen LogP contribution is 2.19. The fourth-order valence-corrected chi connectivity index (χ4v) is 3.29. The van der Waals surface area contributed by atoms with Gasteiger partial charge in [0.2, 0.25) is 0 Å². The van der Waals surface area contributed by atoms with Gasteiger partial charge in [-0.3, -0.25) is 4.79 Å². The first-order valence-corrected chi connectivity index (χ1v) is 9.00. The molecule has 0 radical (unpaired) electrons. The second kappa shape index (κ2) is 7.78. The standard InChI is InChI=1S/C19H27N5O/c1-14-4-6-17(7-5-14)24-15(2)18(21-22-24)19(25)20-11-8-16-9-12-23(3)13-10-16/h4-7,16H,8-13H2,1-3H3,(H,20,25). The lowest BCUT2D eigenvalue weighted by molar-refractivity contribution is 0.0943.